The average Bonchev–Trinajstić information content (AvgIpc) is 2.70. The van der Waals surface area contributed by atoms with Crippen molar-refractivity contribution in [3.8, 4) is 11.8 Å². The van der Waals surface area contributed by atoms with Crippen molar-refractivity contribution in [2.24, 2.45) is 5.92 Å². The van der Waals surface area contributed by atoms with Gasteiger partial charge in [0, 0.05) is 25.2 Å². The summed E-state index contributed by atoms with van der Waals surface area (Å²) in [7, 11) is 0. The molecule has 2 N–H and O–H groups in total. The van der Waals surface area contributed by atoms with Crippen molar-refractivity contribution < 1.29 is 32.6 Å². The summed E-state index contributed by atoms with van der Waals surface area (Å²) in [6, 6.07) is 5.31. The number of hydrogen-bond donors (Lipinski definition) is 2. The highest BCUT2D eigenvalue weighted by Gasteiger charge is 2.33. The molecule has 1 aromatic rings. The molecule has 2 amide bonds. The number of hydrogen-bond acceptors (Lipinski definition) is 5. The van der Waals surface area contributed by atoms with Gasteiger partial charge in [-0.25, -0.2) is 0 Å². The van der Waals surface area contributed by atoms with Crippen LogP contribution in [0.1, 0.15) is 37.3 Å². The zero-order valence-electron chi connectivity index (χ0n) is 15.8. The summed E-state index contributed by atoms with van der Waals surface area (Å²) >= 11 is 0. The van der Waals surface area contributed by atoms with Crippen LogP contribution in [0.15, 0.2) is 18.2 Å². The number of benzene rings is 1. The van der Waals surface area contributed by atoms with E-state index in [0.29, 0.717) is 19.4 Å². The second-order valence-corrected chi connectivity index (χ2v) is 6.75. The number of alkyl halides is 3. The maximum atomic E-state index is 12.6. The molecule has 0 unspecified atom stereocenters. The van der Waals surface area contributed by atoms with Crippen LogP contribution in [-0.2, 0) is 16.1 Å². The highest BCUT2D eigenvalue weighted by Crippen LogP contribution is 2.28. The molecule has 7 nitrogen and oxygen atoms in total. The van der Waals surface area contributed by atoms with Gasteiger partial charge >= 0.3 is 6.36 Å². The van der Waals surface area contributed by atoms with Crippen molar-refractivity contribution in [3.05, 3.63) is 29.3 Å². The number of piperidine rings is 1. The fourth-order valence-electron chi connectivity index (χ4n) is 3.09. The van der Waals surface area contributed by atoms with Gasteiger partial charge in [0.1, 0.15) is 11.9 Å². The summed E-state index contributed by atoms with van der Waals surface area (Å²) in [5, 5.41) is 21.1. The molecule has 158 valence electrons. The first-order valence-electron chi connectivity index (χ1n) is 9.18. The molecule has 2 atom stereocenters. The third-order valence-corrected chi connectivity index (χ3v) is 4.65. The lowest BCUT2D eigenvalue weighted by atomic mass is 9.96. The Balaban J connectivity index is 2.03. The van der Waals surface area contributed by atoms with Gasteiger partial charge in [0.25, 0.3) is 5.91 Å². The predicted molar refractivity (Wildman–Crippen MR) is 95.3 cm³/mol. The molecule has 0 spiro atoms. The van der Waals surface area contributed by atoms with Gasteiger partial charge < -0.3 is 20.1 Å². The van der Waals surface area contributed by atoms with E-state index in [1.165, 1.54) is 17.0 Å². The Morgan fingerprint density at radius 3 is 2.79 bits per heavy atom. The van der Waals surface area contributed by atoms with Crippen LogP contribution < -0.4 is 10.1 Å². The molecule has 0 bridgehead atoms. The number of rotatable bonds is 6. The summed E-state index contributed by atoms with van der Waals surface area (Å²) in [5.41, 5.74) is 0.0649. The fraction of sp³-hybridized carbons (Fsp3) is 0.526. The summed E-state index contributed by atoms with van der Waals surface area (Å²) in [5.74, 6) is -1.92. The van der Waals surface area contributed by atoms with Crippen LogP contribution in [0.4, 0.5) is 13.2 Å². The van der Waals surface area contributed by atoms with Crippen LogP contribution in [0.5, 0.6) is 5.75 Å². The van der Waals surface area contributed by atoms with E-state index in [4.69, 9.17) is 5.26 Å². The van der Waals surface area contributed by atoms with Gasteiger partial charge in [0.15, 0.2) is 0 Å². The van der Waals surface area contributed by atoms with Crippen LogP contribution in [0.3, 0.4) is 0 Å². The lowest BCUT2D eigenvalue weighted by molar-refractivity contribution is -0.274. The number of likely N-dealkylation sites (tertiary alicyclic amines) is 1. The minimum atomic E-state index is -4.93. The minimum absolute atomic E-state index is 0.00440. The second kappa shape index (κ2) is 9.60. The molecule has 1 aliphatic heterocycles. The minimum Gasteiger partial charge on any atom is -0.405 e. The van der Waals surface area contributed by atoms with Crippen molar-refractivity contribution in [3.63, 3.8) is 0 Å². The van der Waals surface area contributed by atoms with Crippen molar-refractivity contribution in [2.45, 2.75) is 45.2 Å². The van der Waals surface area contributed by atoms with Gasteiger partial charge in [-0.15, -0.1) is 13.2 Å². The van der Waals surface area contributed by atoms with Crippen molar-refractivity contribution in [1.82, 2.24) is 10.2 Å². The summed E-state index contributed by atoms with van der Waals surface area (Å²) in [6.07, 6.45) is -4.67. The molecule has 1 fully saturated rings. The van der Waals surface area contributed by atoms with Gasteiger partial charge in [-0.2, -0.15) is 5.26 Å². The van der Waals surface area contributed by atoms with Gasteiger partial charge in [0.2, 0.25) is 5.91 Å². The first-order valence-corrected chi connectivity index (χ1v) is 9.18. The number of nitriles is 1. The highest BCUT2D eigenvalue weighted by molar-refractivity contribution is 5.83. The average molecular weight is 413 g/mol. The number of ether oxygens (including phenoxy) is 1. The van der Waals surface area contributed by atoms with E-state index in [2.05, 4.69) is 10.1 Å². The van der Waals surface area contributed by atoms with Gasteiger partial charge in [-0.3, -0.25) is 9.59 Å². The molecular formula is C19H22F3N3O4. The summed E-state index contributed by atoms with van der Waals surface area (Å²) < 4.78 is 41.8. The summed E-state index contributed by atoms with van der Waals surface area (Å²) in [4.78, 5) is 26.0. The van der Waals surface area contributed by atoms with Crippen LogP contribution in [0.25, 0.3) is 0 Å². The van der Waals surface area contributed by atoms with E-state index < -0.39 is 35.9 Å². The molecule has 10 heteroatoms. The molecular weight excluding hydrogens is 391 g/mol. The molecule has 1 aliphatic rings. The zero-order chi connectivity index (χ0) is 21.6. The Kier molecular flexibility index (Phi) is 7.45. The van der Waals surface area contributed by atoms with Crippen molar-refractivity contribution >= 4 is 11.8 Å². The molecule has 29 heavy (non-hydrogen) atoms. The SMILES string of the molecule is CC[C@@H](O)C(=O)N1CCC[C@@H](C(=O)NCc2ccc(C#N)cc2OC(F)(F)F)C1. The molecule has 0 saturated carbocycles. The first-order chi connectivity index (χ1) is 13.6. The summed E-state index contributed by atoms with van der Waals surface area (Å²) in [6.45, 7) is 2.03. The Morgan fingerprint density at radius 1 is 1.45 bits per heavy atom. The van der Waals surface area contributed by atoms with Crippen LogP contribution in [0, 0.1) is 17.2 Å². The number of halogens is 3. The van der Waals surface area contributed by atoms with E-state index >= 15 is 0 Å². The van der Waals surface area contributed by atoms with E-state index in [9.17, 15) is 27.9 Å². The number of amides is 2. The molecule has 1 saturated heterocycles. The number of nitrogens with zero attached hydrogens (tertiary/aromatic N) is 2. The van der Waals surface area contributed by atoms with E-state index in [1.54, 1.807) is 13.0 Å². The van der Waals surface area contributed by atoms with E-state index in [1.807, 2.05) is 0 Å². The van der Waals surface area contributed by atoms with Crippen molar-refractivity contribution in [2.75, 3.05) is 13.1 Å². The lowest BCUT2D eigenvalue weighted by Crippen LogP contribution is -2.48. The van der Waals surface area contributed by atoms with Crippen LogP contribution in [-0.4, -0.2) is 47.4 Å². The van der Waals surface area contributed by atoms with Gasteiger partial charge in [0.05, 0.1) is 17.6 Å². The second-order valence-electron chi connectivity index (χ2n) is 6.75. The molecule has 1 aromatic carbocycles. The number of nitrogens with one attached hydrogen (secondary N) is 1. The van der Waals surface area contributed by atoms with Crippen LogP contribution in [0.2, 0.25) is 0 Å². The maximum Gasteiger partial charge on any atom is 0.573 e. The van der Waals surface area contributed by atoms with E-state index in [0.717, 1.165) is 6.07 Å². The predicted octanol–water partition coefficient (Wildman–Crippen LogP) is 2.08. The standard InChI is InChI=1S/C19H22F3N3O4/c1-2-15(26)18(28)25-7-3-4-14(11-25)17(27)24-10-13-6-5-12(9-23)8-16(13)29-19(20,21)22/h5-6,8,14-15,26H,2-4,7,10-11H2,1H3,(H,24,27)/t14-,15-/m1/s1. The normalized spacial score (nSPS) is 17.9. The van der Waals surface area contributed by atoms with Gasteiger partial charge in [-0.05, 0) is 31.4 Å². The lowest BCUT2D eigenvalue weighted by Gasteiger charge is -2.33. The highest BCUT2D eigenvalue weighted by atomic mass is 19.4. The Hall–Kier alpha value is -2.80. The van der Waals surface area contributed by atoms with E-state index in [-0.39, 0.29) is 30.6 Å². The molecule has 2 rings (SSSR count). The topological polar surface area (TPSA) is 103 Å². The molecule has 0 radical (unpaired) electrons. The molecule has 0 aliphatic carbocycles. The number of carbonyl (C=O) groups excluding carboxylic acids is 2. The fourth-order valence-corrected chi connectivity index (χ4v) is 3.09. The number of aliphatic hydroxyl groups excluding tert-OH is 1. The third kappa shape index (κ3) is 6.35. The number of carbonyl (C=O) groups is 2. The van der Waals surface area contributed by atoms with Gasteiger partial charge in [-0.1, -0.05) is 13.0 Å². The molecule has 0 aromatic heterocycles. The molecule has 1 heterocycles. The Labute approximate surface area is 166 Å². The number of aliphatic hydroxyl groups is 1. The largest absolute Gasteiger partial charge is 0.573 e. The first kappa shape index (κ1) is 22.5. The third-order valence-electron chi connectivity index (χ3n) is 4.65. The zero-order valence-corrected chi connectivity index (χ0v) is 15.8. The Bertz CT molecular complexity index is 792. The maximum absolute atomic E-state index is 12.6. The monoisotopic (exact) mass is 413 g/mol. The quantitative estimate of drug-likeness (QED) is 0.744. The van der Waals surface area contributed by atoms with Crippen LogP contribution >= 0.6 is 0 Å². The van der Waals surface area contributed by atoms with Crippen molar-refractivity contribution in [1.29, 1.82) is 5.26 Å². The Morgan fingerprint density at radius 2 is 2.17 bits per heavy atom. The smallest absolute Gasteiger partial charge is 0.405 e.